The zero-order valence-corrected chi connectivity index (χ0v) is 16.2. The lowest BCUT2D eigenvalue weighted by atomic mass is 10.0. The highest BCUT2D eigenvalue weighted by atomic mass is 19.1. The van der Waals surface area contributed by atoms with E-state index in [4.69, 9.17) is 4.74 Å². The molecule has 25 heavy (non-hydrogen) atoms. The van der Waals surface area contributed by atoms with Crippen molar-refractivity contribution >= 4 is 5.82 Å². The van der Waals surface area contributed by atoms with Gasteiger partial charge in [0.2, 0.25) is 0 Å². The van der Waals surface area contributed by atoms with Crippen molar-refractivity contribution in [2.75, 3.05) is 26.1 Å². The predicted molar refractivity (Wildman–Crippen MR) is 99.8 cm³/mol. The van der Waals surface area contributed by atoms with E-state index in [2.05, 4.69) is 29.2 Å². The number of halogens is 1. The van der Waals surface area contributed by atoms with Gasteiger partial charge in [-0.1, -0.05) is 19.9 Å². The minimum atomic E-state index is -0.341. The maximum atomic E-state index is 13.9. The summed E-state index contributed by atoms with van der Waals surface area (Å²) in [6, 6.07) is 5.09. The lowest BCUT2D eigenvalue weighted by molar-refractivity contribution is 0.385. The van der Waals surface area contributed by atoms with Gasteiger partial charge < -0.3 is 15.0 Å². The van der Waals surface area contributed by atoms with Gasteiger partial charge in [-0.25, -0.2) is 4.39 Å². The molecule has 1 N–H and O–H groups in total. The van der Waals surface area contributed by atoms with E-state index in [-0.39, 0.29) is 17.6 Å². The molecule has 0 aliphatic rings. The second kappa shape index (κ2) is 7.87. The van der Waals surface area contributed by atoms with Crippen LogP contribution in [0.15, 0.2) is 18.2 Å². The Labute approximate surface area is 149 Å². The molecule has 0 amide bonds. The second-order valence-electron chi connectivity index (χ2n) is 6.86. The number of hydrogen-bond acceptors (Lipinski definition) is 4. The molecular formula is C19H29FN4O. The van der Waals surface area contributed by atoms with Gasteiger partial charge in [0.25, 0.3) is 0 Å². The van der Waals surface area contributed by atoms with Crippen molar-refractivity contribution in [2.45, 2.75) is 39.3 Å². The Balaban J connectivity index is 2.21. The molecule has 0 aliphatic heterocycles. The number of methoxy groups -OCH3 is 1. The Morgan fingerprint density at radius 1 is 1.28 bits per heavy atom. The highest BCUT2D eigenvalue weighted by molar-refractivity contribution is 5.50. The molecule has 2 rings (SSSR count). The molecular weight excluding hydrogens is 319 g/mol. The van der Waals surface area contributed by atoms with Crippen LogP contribution in [0.25, 0.3) is 0 Å². The summed E-state index contributed by atoms with van der Waals surface area (Å²) < 4.78 is 20.8. The smallest absolute Gasteiger partial charge is 0.165 e. The fourth-order valence-corrected chi connectivity index (χ4v) is 3.10. The van der Waals surface area contributed by atoms with E-state index >= 15 is 0 Å². The standard InChI is InChI=1S/C19H29FN4O/c1-12(2)18-15(19(23(4)5)24(6)22-18)11-21-13(3)14-8-9-17(25-7)16(20)10-14/h8-10,12-13,21H,11H2,1-7H3/t13-/m0/s1. The average molecular weight is 348 g/mol. The molecule has 6 heteroatoms. The van der Waals surface area contributed by atoms with Gasteiger partial charge in [-0.05, 0) is 30.5 Å². The quantitative estimate of drug-likeness (QED) is 0.830. The molecule has 1 aromatic heterocycles. The van der Waals surface area contributed by atoms with Crippen LogP contribution in [-0.4, -0.2) is 31.0 Å². The Morgan fingerprint density at radius 3 is 2.48 bits per heavy atom. The molecule has 0 bridgehead atoms. The number of ether oxygens (including phenoxy) is 1. The number of aryl methyl sites for hydroxylation is 1. The summed E-state index contributed by atoms with van der Waals surface area (Å²) in [6.07, 6.45) is 0. The molecule has 1 atom stereocenters. The van der Waals surface area contributed by atoms with Crippen molar-refractivity contribution < 1.29 is 9.13 Å². The molecule has 0 spiro atoms. The van der Waals surface area contributed by atoms with Crippen LogP contribution < -0.4 is 15.0 Å². The van der Waals surface area contributed by atoms with Crippen LogP contribution in [-0.2, 0) is 13.6 Å². The zero-order chi connectivity index (χ0) is 18.7. The lowest BCUT2D eigenvalue weighted by Crippen LogP contribution is -2.22. The first-order chi connectivity index (χ1) is 11.8. The molecule has 0 radical (unpaired) electrons. The summed E-state index contributed by atoms with van der Waals surface area (Å²) in [6.45, 7) is 6.99. The molecule has 138 valence electrons. The van der Waals surface area contributed by atoms with E-state index in [1.54, 1.807) is 6.07 Å². The summed E-state index contributed by atoms with van der Waals surface area (Å²) in [5.74, 6) is 1.35. The molecule has 0 unspecified atom stereocenters. The van der Waals surface area contributed by atoms with Gasteiger partial charge >= 0.3 is 0 Å². The van der Waals surface area contributed by atoms with E-state index in [1.165, 1.54) is 18.7 Å². The maximum absolute atomic E-state index is 13.9. The summed E-state index contributed by atoms with van der Waals surface area (Å²) in [4.78, 5) is 2.08. The van der Waals surface area contributed by atoms with Gasteiger partial charge in [-0.3, -0.25) is 4.68 Å². The fraction of sp³-hybridized carbons (Fsp3) is 0.526. The zero-order valence-electron chi connectivity index (χ0n) is 16.2. The first-order valence-electron chi connectivity index (χ1n) is 8.56. The van der Waals surface area contributed by atoms with Gasteiger partial charge in [-0.2, -0.15) is 5.10 Å². The number of benzene rings is 1. The van der Waals surface area contributed by atoms with Crippen LogP contribution in [0.5, 0.6) is 5.75 Å². The molecule has 0 saturated carbocycles. The minimum Gasteiger partial charge on any atom is -0.494 e. The van der Waals surface area contributed by atoms with E-state index in [0.29, 0.717) is 12.5 Å². The summed E-state index contributed by atoms with van der Waals surface area (Å²) in [5, 5.41) is 8.17. The summed E-state index contributed by atoms with van der Waals surface area (Å²) >= 11 is 0. The van der Waals surface area contributed by atoms with E-state index in [9.17, 15) is 4.39 Å². The highest BCUT2D eigenvalue weighted by Gasteiger charge is 2.20. The van der Waals surface area contributed by atoms with Crippen molar-refractivity contribution in [3.8, 4) is 5.75 Å². The molecule has 1 heterocycles. The van der Waals surface area contributed by atoms with Gasteiger partial charge in [-0.15, -0.1) is 0 Å². The Kier molecular flexibility index (Phi) is 6.06. The molecule has 0 fully saturated rings. The SMILES string of the molecule is COc1ccc([C@H](C)NCc2c(C(C)C)nn(C)c2N(C)C)cc1F. The Hall–Kier alpha value is -2.08. The number of rotatable bonds is 7. The monoisotopic (exact) mass is 348 g/mol. The molecule has 1 aromatic carbocycles. The van der Waals surface area contributed by atoms with Crippen LogP contribution >= 0.6 is 0 Å². The number of nitrogens with zero attached hydrogens (tertiary/aromatic N) is 3. The topological polar surface area (TPSA) is 42.3 Å². The third-order valence-corrected chi connectivity index (χ3v) is 4.37. The highest BCUT2D eigenvalue weighted by Crippen LogP contribution is 2.28. The Bertz CT molecular complexity index is 724. The van der Waals surface area contributed by atoms with Crippen molar-refractivity contribution in [1.29, 1.82) is 0 Å². The van der Waals surface area contributed by atoms with Gasteiger partial charge in [0, 0.05) is 39.3 Å². The van der Waals surface area contributed by atoms with Crippen LogP contribution in [0.3, 0.4) is 0 Å². The molecule has 0 saturated heterocycles. The third kappa shape index (κ3) is 4.12. The normalized spacial score (nSPS) is 12.5. The predicted octanol–water partition coefficient (Wildman–Crippen LogP) is 3.61. The summed E-state index contributed by atoms with van der Waals surface area (Å²) in [7, 11) is 7.48. The molecule has 2 aromatic rings. The second-order valence-corrected chi connectivity index (χ2v) is 6.86. The number of aromatic nitrogens is 2. The van der Waals surface area contributed by atoms with E-state index in [1.807, 2.05) is 38.8 Å². The van der Waals surface area contributed by atoms with Crippen LogP contribution in [0.1, 0.15) is 49.6 Å². The van der Waals surface area contributed by atoms with Crippen molar-refractivity contribution in [2.24, 2.45) is 7.05 Å². The maximum Gasteiger partial charge on any atom is 0.165 e. The number of hydrogen-bond donors (Lipinski definition) is 1. The average Bonchev–Trinajstić information content (AvgIpc) is 2.89. The lowest BCUT2D eigenvalue weighted by Gasteiger charge is -2.19. The third-order valence-electron chi connectivity index (χ3n) is 4.37. The van der Waals surface area contributed by atoms with E-state index in [0.717, 1.165) is 17.1 Å². The van der Waals surface area contributed by atoms with Gasteiger partial charge in [0.1, 0.15) is 5.82 Å². The fourth-order valence-electron chi connectivity index (χ4n) is 3.10. The molecule has 0 aliphatic carbocycles. The van der Waals surface area contributed by atoms with Crippen molar-refractivity contribution in [3.05, 3.63) is 40.8 Å². The van der Waals surface area contributed by atoms with Crippen molar-refractivity contribution in [1.82, 2.24) is 15.1 Å². The Morgan fingerprint density at radius 2 is 1.96 bits per heavy atom. The van der Waals surface area contributed by atoms with Crippen LogP contribution in [0.4, 0.5) is 10.2 Å². The van der Waals surface area contributed by atoms with Crippen molar-refractivity contribution in [3.63, 3.8) is 0 Å². The summed E-state index contributed by atoms with van der Waals surface area (Å²) in [5.41, 5.74) is 3.16. The van der Waals surface area contributed by atoms with Crippen LogP contribution in [0.2, 0.25) is 0 Å². The first-order valence-corrected chi connectivity index (χ1v) is 8.56. The minimum absolute atomic E-state index is 0.00985. The number of nitrogens with one attached hydrogen (secondary N) is 1. The number of anilines is 1. The van der Waals surface area contributed by atoms with Crippen LogP contribution in [0, 0.1) is 5.82 Å². The molecule has 5 nitrogen and oxygen atoms in total. The largest absolute Gasteiger partial charge is 0.494 e. The van der Waals surface area contributed by atoms with Gasteiger partial charge in [0.05, 0.1) is 12.8 Å². The van der Waals surface area contributed by atoms with Gasteiger partial charge in [0.15, 0.2) is 11.6 Å². The van der Waals surface area contributed by atoms with E-state index < -0.39 is 0 Å². The first kappa shape index (κ1) is 19.2.